The van der Waals surface area contributed by atoms with Gasteiger partial charge in [-0.05, 0) is 55.5 Å². The molecule has 2 aromatic carbocycles. The van der Waals surface area contributed by atoms with Gasteiger partial charge in [0.1, 0.15) is 5.82 Å². The zero-order valence-corrected chi connectivity index (χ0v) is 19.7. The summed E-state index contributed by atoms with van der Waals surface area (Å²) in [5.41, 5.74) is 2.77. The number of unbranched alkanes of at least 4 members (excludes halogenated alkanes) is 1. The number of carbonyl (C=O) groups excluding carboxylic acids is 1. The van der Waals surface area contributed by atoms with E-state index in [0.717, 1.165) is 16.8 Å². The fourth-order valence-electron chi connectivity index (χ4n) is 3.43. The normalized spacial score (nSPS) is 12.4. The third-order valence-electron chi connectivity index (χ3n) is 5.13. The Labute approximate surface area is 199 Å². The highest BCUT2D eigenvalue weighted by molar-refractivity contribution is 7.87. The topological polar surface area (TPSA) is 130 Å². The number of aryl methyl sites for hydroxylation is 1. The minimum absolute atomic E-state index is 0.0610. The van der Waals surface area contributed by atoms with Crippen LogP contribution in [0.1, 0.15) is 43.0 Å². The Balaban J connectivity index is 1.64. The Bertz CT molecular complexity index is 1130. The zero-order valence-electron chi connectivity index (χ0n) is 18.1. The van der Waals surface area contributed by atoms with Gasteiger partial charge in [0.15, 0.2) is 0 Å². The van der Waals surface area contributed by atoms with Crippen LogP contribution < -0.4 is 15.2 Å². The van der Waals surface area contributed by atoms with Gasteiger partial charge in [0.25, 0.3) is 10.2 Å². The number of nitrogens with one attached hydrogen (secondary N) is 3. The summed E-state index contributed by atoms with van der Waals surface area (Å²) in [6, 6.07) is 16.9. The van der Waals surface area contributed by atoms with E-state index in [9.17, 15) is 13.2 Å². The van der Waals surface area contributed by atoms with Crippen LogP contribution in [0.4, 0.5) is 0 Å². The Morgan fingerprint density at radius 1 is 1.09 bits per heavy atom. The standard InChI is InChI=1S/C23H28ClN5O3S/c24-19-12-10-18(11-13-19)23-26-16-21(29-23)20(8-4-5-15-27-33(25,31)32)28-22(30)14-9-17-6-2-1-3-7-17/h1-3,6-7,10-13,16,20,27H,4-5,8-9,14-15H2,(H,26,29)(H,28,30)(H2,25,31,32). The zero-order chi connectivity index (χ0) is 23.7. The van der Waals surface area contributed by atoms with Crippen LogP contribution in [0.15, 0.2) is 60.8 Å². The molecular weight excluding hydrogens is 462 g/mol. The number of halogens is 1. The molecule has 0 radical (unpaired) electrons. The molecule has 10 heteroatoms. The first-order valence-electron chi connectivity index (χ1n) is 10.7. The molecule has 3 rings (SSSR count). The van der Waals surface area contributed by atoms with Crippen molar-refractivity contribution in [2.24, 2.45) is 5.14 Å². The van der Waals surface area contributed by atoms with Crippen molar-refractivity contribution in [2.45, 2.75) is 38.1 Å². The van der Waals surface area contributed by atoms with Crippen molar-refractivity contribution in [3.8, 4) is 11.4 Å². The molecule has 0 aliphatic rings. The number of benzene rings is 2. The lowest BCUT2D eigenvalue weighted by Gasteiger charge is -2.18. The number of rotatable bonds is 12. The second-order valence-electron chi connectivity index (χ2n) is 7.73. The SMILES string of the molecule is NS(=O)(=O)NCCCCC(NC(=O)CCc1ccccc1)c1cnc(-c2ccc(Cl)cc2)[nH]1. The van der Waals surface area contributed by atoms with Crippen molar-refractivity contribution in [1.82, 2.24) is 20.0 Å². The van der Waals surface area contributed by atoms with Crippen LogP contribution in [0.5, 0.6) is 0 Å². The highest BCUT2D eigenvalue weighted by Gasteiger charge is 2.18. The maximum absolute atomic E-state index is 12.7. The summed E-state index contributed by atoms with van der Waals surface area (Å²) >= 11 is 5.97. The molecule has 33 heavy (non-hydrogen) atoms. The van der Waals surface area contributed by atoms with Gasteiger partial charge in [0.05, 0.1) is 17.9 Å². The average molecular weight is 490 g/mol. The highest BCUT2D eigenvalue weighted by atomic mass is 35.5. The first kappa shape index (κ1) is 24.9. The maximum Gasteiger partial charge on any atom is 0.274 e. The molecule has 0 saturated heterocycles. The predicted octanol–water partition coefficient (Wildman–Crippen LogP) is 3.48. The van der Waals surface area contributed by atoms with Crippen LogP contribution in [0, 0.1) is 0 Å². The first-order valence-corrected chi connectivity index (χ1v) is 12.6. The fourth-order valence-corrected chi connectivity index (χ4v) is 3.98. The van der Waals surface area contributed by atoms with Crippen LogP contribution in [-0.4, -0.2) is 30.8 Å². The molecular formula is C23H28ClN5O3S. The Kier molecular flexibility index (Phi) is 9.02. The van der Waals surface area contributed by atoms with E-state index in [1.807, 2.05) is 42.5 Å². The molecule has 176 valence electrons. The molecule has 5 N–H and O–H groups in total. The van der Waals surface area contributed by atoms with Gasteiger partial charge in [0.2, 0.25) is 5.91 Å². The van der Waals surface area contributed by atoms with Gasteiger partial charge in [-0.15, -0.1) is 0 Å². The lowest BCUT2D eigenvalue weighted by atomic mass is 10.1. The summed E-state index contributed by atoms with van der Waals surface area (Å²) < 4.78 is 24.3. The van der Waals surface area contributed by atoms with Gasteiger partial charge < -0.3 is 10.3 Å². The minimum Gasteiger partial charge on any atom is -0.348 e. The molecule has 0 aliphatic heterocycles. The number of H-pyrrole nitrogens is 1. The summed E-state index contributed by atoms with van der Waals surface area (Å²) in [6.07, 6.45) is 4.62. The molecule has 1 atom stereocenters. The summed E-state index contributed by atoms with van der Waals surface area (Å²) in [6.45, 7) is 0.243. The number of nitrogens with zero attached hydrogens (tertiary/aromatic N) is 1. The lowest BCUT2D eigenvalue weighted by Crippen LogP contribution is -2.32. The highest BCUT2D eigenvalue weighted by Crippen LogP contribution is 2.23. The number of hydrogen-bond donors (Lipinski definition) is 4. The van der Waals surface area contributed by atoms with Gasteiger partial charge in [-0.1, -0.05) is 41.9 Å². The molecule has 1 aromatic heterocycles. The second-order valence-corrected chi connectivity index (χ2v) is 9.55. The van der Waals surface area contributed by atoms with Gasteiger partial charge in [-0.2, -0.15) is 8.42 Å². The number of amides is 1. The number of hydrogen-bond acceptors (Lipinski definition) is 4. The quantitative estimate of drug-likeness (QED) is 0.290. The maximum atomic E-state index is 12.7. The summed E-state index contributed by atoms with van der Waals surface area (Å²) in [7, 11) is -3.71. The van der Waals surface area contributed by atoms with E-state index in [0.29, 0.717) is 43.0 Å². The molecule has 8 nitrogen and oxygen atoms in total. The third-order valence-corrected chi connectivity index (χ3v) is 5.99. The van der Waals surface area contributed by atoms with Crippen LogP contribution in [0.25, 0.3) is 11.4 Å². The van der Waals surface area contributed by atoms with Crippen LogP contribution in [0.2, 0.25) is 5.02 Å². The van der Waals surface area contributed by atoms with E-state index in [2.05, 4.69) is 20.0 Å². The lowest BCUT2D eigenvalue weighted by molar-refractivity contribution is -0.121. The van der Waals surface area contributed by atoms with Gasteiger partial charge >= 0.3 is 0 Å². The largest absolute Gasteiger partial charge is 0.348 e. The summed E-state index contributed by atoms with van der Waals surface area (Å²) in [4.78, 5) is 20.4. The van der Waals surface area contributed by atoms with Crippen molar-refractivity contribution < 1.29 is 13.2 Å². The van der Waals surface area contributed by atoms with Crippen molar-refractivity contribution in [3.63, 3.8) is 0 Å². The molecule has 0 saturated carbocycles. The smallest absolute Gasteiger partial charge is 0.274 e. The number of nitrogens with two attached hydrogens (primary N) is 1. The van der Waals surface area contributed by atoms with E-state index in [4.69, 9.17) is 16.7 Å². The van der Waals surface area contributed by atoms with Crippen molar-refractivity contribution >= 4 is 27.7 Å². The Hall–Kier alpha value is -2.72. The number of aromatic nitrogens is 2. The van der Waals surface area contributed by atoms with Crippen molar-refractivity contribution in [3.05, 3.63) is 77.1 Å². The molecule has 1 unspecified atom stereocenters. The van der Waals surface area contributed by atoms with Crippen LogP contribution in [0.3, 0.4) is 0 Å². The number of imidazole rings is 1. The molecule has 0 bridgehead atoms. The van der Waals surface area contributed by atoms with Crippen molar-refractivity contribution in [2.75, 3.05) is 6.54 Å². The van der Waals surface area contributed by atoms with E-state index >= 15 is 0 Å². The van der Waals surface area contributed by atoms with Crippen LogP contribution in [-0.2, 0) is 21.4 Å². The Morgan fingerprint density at radius 3 is 2.52 bits per heavy atom. The van der Waals surface area contributed by atoms with Crippen LogP contribution >= 0.6 is 11.6 Å². The Morgan fingerprint density at radius 2 is 1.82 bits per heavy atom. The van der Waals surface area contributed by atoms with Gasteiger partial charge in [-0.25, -0.2) is 14.8 Å². The molecule has 0 spiro atoms. The predicted molar refractivity (Wildman–Crippen MR) is 130 cm³/mol. The fraction of sp³-hybridized carbons (Fsp3) is 0.304. The number of carbonyl (C=O) groups is 1. The van der Waals surface area contributed by atoms with Crippen molar-refractivity contribution in [1.29, 1.82) is 0 Å². The molecule has 3 aromatic rings. The summed E-state index contributed by atoms with van der Waals surface area (Å²) in [5.74, 6) is 0.621. The second kappa shape index (κ2) is 11.9. The van der Waals surface area contributed by atoms with E-state index in [1.54, 1.807) is 18.3 Å². The molecule has 1 heterocycles. The third kappa shape index (κ3) is 8.62. The molecule has 0 fully saturated rings. The van der Waals surface area contributed by atoms with Gasteiger partial charge in [-0.3, -0.25) is 4.79 Å². The number of aromatic amines is 1. The minimum atomic E-state index is -3.71. The average Bonchev–Trinajstić information content (AvgIpc) is 3.27. The van der Waals surface area contributed by atoms with E-state index in [1.165, 1.54) is 0 Å². The monoisotopic (exact) mass is 489 g/mol. The van der Waals surface area contributed by atoms with E-state index in [-0.39, 0.29) is 18.5 Å². The van der Waals surface area contributed by atoms with Gasteiger partial charge in [0, 0.05) is 23.6 Å². The molecule has 1 amide bonds. The first-order chi connectivity index (χ1) is 15.8. The van der Waals surface area contributed by atoms with E-state index < -0.39 is 10.2 Å². The summed E-state index contributed by atoms with van der Waals surface area (Å²) in [5, 5.41) is 8.70. The molecule has 0 aliphatic carbocycles.